The van der Waals surface area contributed by atoms with E-state index in [2.05, 4.69) is 30.4 Å². The molecule has 29 heavy (non-hydrogen) atoms. The van der Waals surface area contributed by atoms with Gasteiger partial charge in [-0.3, -0.25) is 4.79 Å². The molecule has 0 spiro atoms. The molecule has 3 aliphatic heterocycles. The number of hydrogen-bond acceptors (Lipinski definition) is 4. The van der Waals surface area contributed by atoms with E-state index in [1.807, 2.05) is 24.3 Å². The average Bonchev–Trinajstić information content (AvgIpc) is 3.35. The Hall–Kier alpha value is -1.95. The molecule has 0 radical (unpaired) electrons. The van der Waals surface area contributed by atoms with Crippen LogP contribution in [0.3, 0.4) is 0 Å². The van der Waals surface area contributed by atoms with Gasteiger partial charge in [0, 0.05) is 18.3 Å². The second-order valence-corrected chi connectivity index (χ2v) is 8.34. The number of fused-ring (bicyclic) bond motifs is 5. The highest BCUT2D eigenvalue weighted by atomic mass is 16.7. The van der Waals surface area contributed by atoms with Gasteiger partial charge in [0.05, 0.1) is 18.3 Å². The lowest BCUT2D eigenvalue weighted by molar-refractivity contribution is -0.137. The van der Waals surface area contributed by atoms with E-state index < -0.39 is 12.1 Å². The summed E-state index contributed by atoms with van der Waals surface area (Å²) in [6, 6.07) is 10.2. The number of aliphatic hydroxyl groups is 1. The Morgan fingerprint density at radius 3 is 2.62 bits per heavy atom. The van der Waals surface area contributed by atoms with E-state index in [4.69, 9.17) is 14.6 Å². The second-order valence-electron chi connectivity index (χ2n) is 8.34. The zero-order chi connectivity index (χ0) is 20.2. The summed E-state index contributed by atoms with van der Waals surface area (Å²) < 4.78 is 11.9. The molecule has 5 nitrogen and oxygen atoms in total. The molecule has 156 valence electrons. The molecule has 6 unspecified atom stereocenters. The van der Waals surface area contributed by atoms with E-state index in [9.17, 15) is 9.90 Å². The highest BCUT2D eigenvalue weighted by molar-refractivity contribution is 5.66. The number of aliphatic carboxylic acids is 1. The number of epoxide rings is 1. The quantitative estimate of drug-likeness (QED) is 0.339. The van der Waals surface area contributed by atoms with Crippen LogP contribution in [0.5, 0.6) is 0 Å². The van der Waals surface area contributed by atoms with Gasteiger partial charge in [-0.2, -0.15) is 0 Å². The summed E-state index contributed by atoms with van der Waals surface area (Å²) in [6.45, 7) is 0. The van der Waals surface area contributed by atoms with Gasteiger partial charge in [-0.25, -0.2) is 0 Å². The SMILES string of the molecule is O=C(O)CCC/C=C\CC1C(/C=C/[C@@H](O)CCc2ccccc2)C2OC1C1OC21. The summed E-state index contributed by atoms with van der Waals surface area (Å²) in [6.07, 6.45) is 12.7. The predicted molar refractivity (Wildman–Crippen MR) is 109 cm³/mol. The number of carbonyl (C=O) groups is 1. The lowest BCUT2D eigenvalue weighted by Gasteiger charge is -2.22. The minimum absolute atomic E-state index is 0.105. The predicted octanol–water partition coefficient (Wildman–Crippen LogP) is 3.52. The number of ether oxygens (including phenoxy) is 2. The van der Waals surface area contributed by atoms with Crippen molar-refractivity contribution in [3.8, 4) is 0 Å². The Morgan fingerprint density at radius 2 is 1.83 bits per heavy atom. The van der Waals surface area contributed by atoms with Crippen molar-refractivity contribution in [3.05, 3.63) is 60.2 Å². The molecule has 0 amide bonds. The van der Waals surface area contributed by atoms with Gasteiger partial charge >= 0.3 is 5.97 Å². The molecule has 4 rings (SSSR count). The van der Waals surface area contributed by atoms with Crippen LogP contribution in [0.4, 0.5) is 0 Å². The molecule has 3 fully saturated rings. The maximum absolute atomic E-state index is 10.6. The van der Waals surface area contributed by atoms with Crippen LogP contribution in [0.15, 0.2) is 54.6 Å². The van der Waals surface area contributed by atoms with E-state index in [0.717, 1.165) is 19.3 Å². The van der Waals surface area contributed by atoms with Crippen molar-refractivity contribution in [1.82, 2.24) is 0 Å². The van der Waals surface area contributed by atoms with Crippen LogP contribution in [0.25, 0.3) is 0 Å². The molecule has 3 saturated heterocycles. The fourth-order valence-corrected chi connectivity index (χ4v) is 4.72. The Morgan fingerprint density at radius 1 is 1.07 bits per heavy atom. The lowest BCUT2D eigenvalue weighted by Crippen LogP contribution is -2.31. The van der Waals surface area contributed by atoms with Crippen molar-refractivity contribution >= 4 is 5.97 Å². The van der Waals surface area contributed by atoms with Crippen molar-refractivity contribution in [2.24, 2.45) is 11.8 Å². The van der Waals surface area contributed by atoms with Gasteiger partial charge < -0.3 is 19.7 Å². The molecule has 1 aromatic carbocycles. The van der Waals surface area contributed by atoms with Crippen molar-refractivity contribution in [2.45, 2.75) is 69.0 Å². The molecule has 2 bridgehead atoms. The number of unbranched alkanes of at least 4 members (excludes halogenated alkanes) is 1. The molecular weight excluding hydrogens is 368 g/mol. The summed E-state index contributed by atoms with van der Waals surface area (Å²) in [4.78, 5) is 10.6. The smallest absolute Gasteiger partial charge is 0.303 e. The van der Waals surface area contributed by atoms with Crippen LogP contribution in [0, 0.1) is 11.8 Å². The number of aliphatic hydroxyl groups excluding tert-OH is 1. The maximum Gasteiger partial charge on any atom is 0.303 e. The first-order valence-electron chi connectivity index (χ1n) is 10.7. The Bertz CT molecular complexity index is 743. The molecule has 0 saturated carbocycles. The van der Waals surface area contributed by atoms with Gasteiger partial charge in [-0.1, -0.05) is 54.6 Å². The van der Waals surface area contributed by atoms with Crippen LogP contribution in [0.2, 0.25) is 0 Å². The monoisotopic (exact) mass is 398 g/mol. The highest BCUT2D eigenvalue weighted by Crippen LogP contribution is 2.55. The molecule has 0 aromatic heterocycles. The summed E-state index contributed by atoms with van der Waals surface area (Å²) in [7, 11) is 0. The fourth-order valence-electron chi connectivity index (χ4n) is 4.72. The van der Waals surface area contributed by atoms with E-state index in [-0.39, 0.29) is 36.8 Å². The van der Waals surface area contributed by atoms with E-state index >= 15 is 0 Å². The third-order valence-corrected chi connectivity index (χ3v) is 6.28. The molecule has 0 aliphatic carbocycles. The maximum atomic E-state index is 10.6. The number of hydrogen-bond donors (Lipinski definition) is 2. The lowest BCUT2D eigenvalue weighted by atomic mass is 9.77. The summed E-state index contributed by atoms with van der Waals surface area (Å²) in [5.74, 6) is -0.122. The third-order valence-electron chi connectivity index (χ3n) is 6.28. The molecule has 3 heterocycles. The second kappa shape index (κ2) is 9.24. The van der Waals surface area contributed by atoms with Crippen molar-refractivity contribution < 1.29 is 24.5 Å². The van der Waals surface area contributed by atoms with Gasteiger partial charge in [0.1, 0.15) is 12.2 Å². The summed E-state index contributed by atoms with van der Waals surface area (Å²) >= 11 is 0. The van der Waals surface area contributed by atoms with E-state index in [0.29, 0.717) is 18.8 Å². The average molecular weight is 398 g/mol. The molecule has 2 N–H and O–H groups in total. The van der Waals surface area contributed by atoms with Crippen LogP contribution < -0.4 is 0 Å². The largest absolute Gasteiger partial charge is 0.481 e. The topological polar surface area (TPSA) is 79.3 Å². The first-order valence-corrected chi connectivity index (χ1v) is 10.7. The zero-order valence-corrected chi connectivity index (χ0v) is 16.6. The molecule has 1 aromatic rings. The highest BCUT2D eigenvalue weighted by Gasteiger charge is 2.68. The summed E-state index contributed by atoms with van der Waals surface area (Å²) in [5.41, 5.74) is 1.24. The molecular formula is C24H30O5. The number of allylic oxidation sites excluding steroid dienone is 2. The van der Waals surface area contributed by atoms with Gasteiger partial charge in [-0.15, -0.1) is 0 Å². The van der Waals surface area contributed by atoms with Crippen LogP contribution in [-0.2, 0) is 20.7 Å². The Kier molecular flexibility index (Phi) is 6.48. The van der Waals surface area contributed by atoms with Gasteiger partial charge in [0.2, 0.25) is 0 Å². The molecule has 3 aliphatic rings. The first kappa shape index (κ1) is 20.3. The van der Waals surface area contributed by atoms with Crippen molar-refractivity contribution in [2.75, 3.05) is 0 Å². The fraction of sp³-hybridized carbons (Fsp3) is 0.542. The zero-order valence-electron chi connectivity index (χ0n) is 16.6. The number of carboxylic acids is 1. The summed E-state index contributed by atoms with van der Waals surface area (Å²) in [5, 5.41) is 19.1. The van der Waals surface area contributed by atoms with Gasteiger partial charge in [0.25, 0.3) is 0 Å². The number of rotatable bonds is 11. The third kappa shape index (κ3) is 4.97. The standard InChI is InChI=1S/C24H30O5/c25-17(13-12-16-8-4-3-5-9-16)14-15-19-18(10-6-1-2-7-11-20(26)27)21-23-24(29-23)22(19)28-21/h1,3-6,8-9,14-15,17-19,21-25H,2,7,10-13H2,(H,26,27)/b6-1-,15-14+/t17-,18?,19?,21?,22?,23?,24?/m0/s1. The molecule has 5 heteroatoms. The van der Waals surface area contributed by atoms with Gasteiger partial charge in [-0.05, 0) is 37.7 Å². The van der Waals surface area contributed by atoms with Crippen LogP contribution in [0.1, 0.15) is 37.7 Å². The van der Waals surface area contributed by atoms with Crippen molar-refractivity contribution in [3.63, 3.8) is 0 Å². The van der Waals surface area contributed by atoms with E-state index in [1.165, 1.54) is 5.56 Å². The molecule has 7 atom stereocenters. The van der Waals surface area contributed by atoms with Crippen LogP contribution >= 0.6 is 0 Å². The first-order chi connectivity index (χ1) is 14.1. The minimum Gasteiger partial charge on any atom is -0.481 e. The Labute approximate surface area is 172 Å². The number of carboxylic acid groups (broad SMARTS) is 1. The van der Waals surface area contributed by atoms with Crippen LogP contribution in [-0.4, -0.2) is 46.7 Å². The van der Waals surface area contributed by atoms with E-state index in [1.54, 1.807) is 0 Å². The number of aryl methyl sites for hydroxylation is 1. The number of benzene rings is 1. The Balaban J connectivity index is 1.28. The minimum atomic E-state index is -0.743. The van der Waals surface area contributed by atoms with Crippen molar-refractivity contribution in [1.29, 1.82) is 0 Å². The normalized spacial score (nSPS) is 33.4. The van der Waals surface area contributed by atoms with Gasteiger partial charge in [0.15, 0.2) is 0 Å².